The molecule has 0 unspecified atom stereocenters. The van der Waals surface area contributed by atoms with Gasteiger partial charge in [0, 0.05) is 32.3 Å². The number of aromatic nitrogens is 1. The highest BCUT2D eigenvalue weighted by atomic mass is 16.6. The third kappa shape index (κ3) is 7.72. The third-order valence-electron chi connectivity index (χ3n) is 7.28. The van der Waals surface area contributed by atoms with Crippen LogP contribution in [0.4, 0.5) is 4.79 Å². The van der Waals surface area contributed by atoms with Crippen molar-refractivity contribution in [3.05, 3.63) is 125 Å². The summed E-state index contributed by atoms with van der Waals surface area (Å²) >= 11 is 0. The van der Waals surface area contributed by atoms with E-state index in [1.54, 1.807) is 62.3 Å². The van der Waals surface area contributed by atoms with Crippen molar-refractivity contribution in [1.29, 1.82) is 0 Å². The first-order chi connectivity index (χ1) is 19.4. The molecule has 0 saturated carbocycles. The Hall–Kier alpha value is -4.20. The molecule has 0 spiro atoms. The largest absolute Gasteiger partial charge is 0.415 e. The van der Waals surface area contributed by atoms with Crippen molar-refractivity contribution < 1.29 is 19.7 Å². The van der Waals surface area contributed by atoms with Gasteiger partial charge in [0.1, 0.15) is 5.75 Å². The lowest BCUT2D eigenvalue weighted by Gasteiger charge is -2.37. The minimum atomic E-state index is -1.38. The van der Waals surface area contributed by atoms with E-state index in [0.29, 0.717) is 11.3 Å². The van der Waals surface area contributed by atoms with Crippen LogP contribution in [0.15, 0.2) is 108 Å². The summed E-state index contributed by atoms with van der Waals surface area (Å²) < 4.78 is 7.25. The fourth-order valence-corrected chi connectivity index (χ4v) is 5.06. The summed E-state index contributed by atoms with van der Waals surface area (Å²) in [5.41, 5.74) is 0.630. The number of para-hydroxylation sites is 1. The van der Waals surface area contributed by atoms with Gasteiger partial charge in [-0.05, 0) is 67.6 Å². The molecule has 0 radical (unpaired) electrons. The van der Waals surface area contributed by atoms with Gasteiger partial charge in [0.05, 0.1) is 17.2 Å². The Morgan fingerprint density at radius 3 is 2.10 bits per heavy atom. The topological polar surface area (TPSA) is 92.0 Å². The number of aryl methyl sites for hydroxylation is 1. The van der Waals surface area contributed by atoms with Crippen molar-refractivity contribution in [3.63, 3.8) is 0 Å². The lowest BCUT2D eigenvalue weighted by atomic mass is 9.81. The number of hydrogen-bond donors (Lipinski definition) is 2. The zero-order chi connectivity index (χ0) is 29.6. The first-order valence-electron chi connectivity index (χ1n) is 13.8. The number of hydrogen-bond acceptors (Lipinski definition) is 5. The predicted octanol–water partition coefficient (Wildman–Crippen LogP) is 6.05. The average Bonchev–Trinajstić information content (AvgIpc) is 2.95. The van der Waals surface area contributed by atoms with E-state index in [9.17, 15) is 19.8 Å². The van der Waals surface area contributed by atoms with Crippen LogP contribution in [0, 0.1) is 0 Å². The molecule has 41 heavy (non-hydrogen) atoms. The Bertz CT molecular complexity index is 1490. The van der Waals surface area contributed by atoms with E-state index in [2.05, 4.69) is 0 Å². The molecule has 7 heteroatoms. The maximum atomic E-state index is 13.6. The molecule has 214 valence electrons. The summed E-state index contributed by atoms with van der Waals surface area (Å²) in [5, 5.41) is 22.5. The van der Waals surface area contributed by atoms with Crippen LogP contribution in [0.25, 0.3) is 11.1 Å². The number of pyridine rings is 1. The fourth-order valence-electron chi connectivity index (χ4n) is 5.06. The number of rotatable bonds is 10. The molecular formula is C34H38N2O5. The molecule has 3 aromatic carbocycles. The van der Waals surface area contributed by atoms with Gasteiger partial charge < -0.3 is 24.4 Å². The van der Waals surface area contributed by atoms with Crippen molar-refractivity contribution in [2.75, 3.05) is 6.54 Å². The molecule has 4 aromatic rings. The number of ether oxygens (including phenoxy) is 1. The minimum Gasteiger partial charge on any atom is -0.410 e. The summed E-state index contributed by atoms with van der Waals surface area (Å²) in [7, 11) is 1.71. The van der Waals surface area contributed by atoms with E-state index in [-0.39, 0.29) is 24.9 Å². The van der Waals surface area contributed by atoms with Crippen LogP contribution in [-0.4, -0.2) is 37.9 Å². The molecule has 0 aliphatic carbocycles. The number of aliphatic hydroxyl groups is 2. The van der Waals surface area contributed by atoms with Crippen molar-refractivity contribution >= 4 is 6.09 Å². The van der Waals surface area contributed by atoms with E-state index < -0.39 is 23.3 Å². The molecule has 0 aliphatic rings. The lowest BCUT2D eigenvalue weighted by Crippen LogP contribution is -2.42. The fraction of sp³-hybridized carbons (Fsp3) is 0.294. The molecule has 0 saturated heterocycles. The highest BCUT2D eigenvalue weighted by Crippen LogP contribution is 2.35. The van der Waals surface area contributed by atoms with Crippen LogP contribution in [0.3, 0.4) is 0 Å². The minimum absolute atomic E-state index is 0.0885. The van der Waals surface area contributed by atoms with Crippen LogP contribution < -0.4 is 10.3 Å². The number of carbonyl (C=O) groups excluding carboxylic acids is 1. The molecule has 1 amide bonds. The molecule has 1 heterocycles. The third-order valence-corrected chi connectivity index (χ3v) is 7.28. The Morgan fingerprint density at radius 2 is 1.51 bits per heavy atom. The quantitative estimate of drug-likeness (QED) is 0.249. The molecule has 2 atom stereocenters. The Balaban J connectivity index is 1.63. The second kappa shape index (κ2) is 12.5. The van der Waals surface area contributed by atoms with Gasteiger partial charge in [-0.3, -0.25) is 4.79 Å². The van der Waals surface area contributed by atoms with Crippen molar-refractivity contribution in [2.24, 2.45) is 7.05 Å². The number of benzene rings is 3. The van der Waals surface area contributed by atoms with E-state index in [1.807, 2.05) is 73.7 Å². The number of nitrogens with zero attached hydrogens (tertiary/aromatic N) is 2. The highest BCUT2D eigenvalue weighted by Gasteiger charge is 2.37. The molecule has 4 rings (SSSR count). The summed E-state index contributed by atoms with van der Waals surface area (Å²) in [6, 6.07) is 28.9. The van der Waals surface area contributed by atoms with Crippen LogP contribution in [0.5, 0.6) is 5.75 Å². The SMILES string of the molecule is C[C@@H](c1ccc(-c2ccn(C)c(=O)c2)cc1)N(CC[C@@](O)(CC(C)(C)O)c1ccccc1)C(=O)Oc1ccccc1. The van der Waals surface area contributed by atoms with Gasteiger partial charge in [0.25, 0.3) is 5.56 Å². The molecule has 2 N–H and O–H groups in total. The average molecular weight is 555 g/mol. The lowest BCUT2D eigenvalue weighted by molar-refractivity contribution is -0.0598. The van der Waals surface area contributed by atoms with Gasteiger partial charge in [0.15, 0.2) is 0 Å². The Morgan fingerprint density at radius 1 is 0.902 bits per heavy atom. The van der Waals surface area contributed by atoms with Crippen LogP contribution >= 0.6 is 0 Å². The summed E-state index contributed by atoms with van der Waals surface area (Å²) in [6.45, 7) is 5.41. The van der Waals surface area contributed by atoms with Crippen molar-refractivity contribution in [3.8, 4) is 16.9 Å². The van der Waals surface area contributed by atoms with Crippen LogP contribution in [0.2, 0.25) is 0 Å². The van der Waals surface area contributed by atoms with Gasteiger partial charge >= 0.3 is 6.09 Å². The summed E-state index contributed by atoms with van der Waals surface area (Å²) in [5.74, 6) is 0.422. The van der Waals surface area contributed by atoms with E-state index >= 15 is 0 Å². The molecular weight excluding hydrogens is 516 g/mol. The zero-order valence-corrected chi connectivity index (χ0v) is 24.0. The molecule has 1 aromatic heterocycles. The maximum Gasteiger partial charge on any atom is 0.415 e. The second-order valence-electron chi connectivity index (χ2n) is 11.2. The normalized spacial score (nSPS) is 13.7. The van der Waals surface area contributed by atoms with Gasteiger partial charge in [-0.1, -0.05) is 72.8 Å². The van der Waals surface area contributed by atoms with Gasteiger partial charge in [-0.2, -0.15) is 0 Å². The first-order valence-corrected chi connectivity index (χ1v) is 13.8. The smallest absolute Gasteiger partial charge is 0.410 e. The predicted molar refractivity (Wildman–Crippen MR) is 161 cm³/mol. The number of amides is 1. The van der Waals surface area contributed by atoms with Crippen molar-refractivity contribution in [1.82, 2.24) is 9.47 Å². The summed E-state index contributed by atoms with van der Waals surface area (Å²) in [6.07, 6.45) is 1.46. The zero-order valence-electron chi connectivity index (χ0n) is 24.0. The first kappa shape index (κ1) is 29.8. The highest BCUT2D eigenvalue weighted by molar-refractivity contribution is 5.71. The summed E-state index contributed by atoms with van der Waals surface area (Å²) in [4.78, 5) is 27.3. The monoisotopic (exact) mass is 554 g/mol. The Kier molecular flexibility index (Phi) is 9.11. The van der Waals surface area contributed by atoms with E-state index in [1.165, 1.54) is 4.57 Å². The van der Waals surface area contributed by atoms with Crippen LogP contribution in [-0.2, 0) is 12.6 Å². The maximum absolute atomic E-state index is 13.6. The molecule has 0 fully saturated rings. The van der Waals surface area contributed by atoms with Gasteiger partial charge in [-0.25, -0.2) is 4.79 Å². The molecule has 0 bridgehead atoms. The standard InChI is InChI=1S/C34H38N2O5/c1-25(26-15-17-27(18-16-26)28-19-21-35(4)31(37)23-28)36(32(38)41-30-13-9-6-10-14-30)22-20-34(40,24-33(2,3)39)29-11-7-5-8-12-29/h5-19,21,23,25,39-40H,20,22,24H2,1-4H3/t25-,34+/m0/s1. The second-order valence-corrected chi connectivity index (χ2v) is 11.2. The molecule has 0 aliphatic heterocycles. The molecule has 7 nitrogen and oxygen atoms in total. The Labute approximate surface area is 241 Å². The van der Waals surface area contributed by atoms with E-state index in [0.717, 1.165) is 16.7 Å². The number of carbonyl (C=O) groups is 1. The van der Waals surface area contributed by atoms with Gasteiger partial charge in [-0.15, -0.1) is 0 Å². The van der Waals surface area contributed by atoms with Gasteiger partial charge in [0.2, 0.25) is 0 Å². The van der Waals surface area contributed by atoms with E-state index in [4.69, 9.17) is 4.74 Å². The van der Waals surface area contributed by atoms with Crippen LogP contribution in [0.1, 0.15) is 50.8 Å². The van der Waals surface area contributed by atoms with Crippen molar-refractivity contribution in [2.45, 2.75) is 50.9 Å².